The van der Waals surface area contributed by atoms with Gasteiger partial charge in [0.1, 0.15) is 5.58 Å². The molecule has 22 heavy (non-hydrogen) atoms. The molecule has 2 aromatic carbocycles. The third kappa shape index (κ3) is 2.66. The first-order chi connectivity index (χ1) is 10.8. The van der Waals surface area contributed by atoms with Gasteiger partial charge in [-0.1, -0.05) is 24.3 Å². The molecule has 0 unspecified atom stereocenters. The molecule has 3 nitrogen and oxygen atoms in total. The summed E-state index contributed by atoms with van der Waals surface area (Å²) in [6.45, 7) is 0.812. The second-order valence-electron chi connectivity index (χ2n) is 5.84. The second-order valence-corrected chi connectivity index (χ2v) is 6.25. The van der Waals surface area contributed by atoms with Crippen molar-refractivity contribution < 1.29 is 4.42 Å². The van der Waals surface area contributed by atoms with Gasteiger partial charge in [0.05, 0.1) is 6.26 Å². The molecule has 2 N–H and O–H groups in total. The van der Waals surface area contributed by atoms with Crippen LogP contribution in [-0.4, -0.2) is 17.7 Å². The van der Waals surface area contributed by atoms with Crippen molar-refractivity contribution in [2.75, 3.05) is 6.54 Å². The Labute approximate surface area is 134 Å². The number of thiocarbonyl (C=S) groups is 1. The minimum absolute atomic E-state index is 0.595. The molecule has 0 spiro atoms. The molecular weight excluding hydrogens is 292 g/mol. The first-order valence-electron chi connectivity index (χ1n) is 7.73. The molecule has 1 aromatic heterocycles. The summed E-state index contributed by atoms with van der Waals surface area (Å²) in [4.78, 5) is 0. The van der Waals surface area contributed by atoms with Crippen LogP contribution in [0.5, 0.6) is 0 Å². The summed E-state index contributed by atoms with van der Waals surface area (Å²) in [5.74, 6) is 0. The van der Waals surface area contributed by atoms with E-state index in [2.05, 4.69) is 41.0 Å². The molecule has 0 amide bonds. The van der Waals surface area contributed by atoms with E-state index in [1.165, 1.54) is 34.6 Å². The molecule has 4 rings (SSSR count). The molecule has 0 saturated heterocycles. The Balaban J connectivity index is 1.54. The number of furan rings is 1. The highest BCUT2D eigenvalue weighted by atomic mass is 32.1. The molecule has 1 saturated carbocycles. The molecule has 0 bridgehead atoms. The van der Waals surface area contributed by atoms with E-state index in [9.17, 15) is 0 Å². The average molecular weight is 310 g/mol. The van der Waals surface area contributed by atoms with Crippen LogP contribution >= 0.6 is 12.2 Å². The summed E-state index contributed by atoms with van der Waals surface area (Å²) in [7, 11) is 0. The fourth-order valence-corrected chi connectivity index (χ4v) is 3.12. The van der Waals surface area contributed by atoms with E-state index >= 15 is 0 Å². The number of hydrogen-bond donors (Lipinski definition) is 2. The molecule has 1 fully saturated rings. The SMILES string of the molecule is S=C(NCCc1cc2ccccc2c2ccoc12)NC1CC1. The van der Waals surface area contributed by atoms with E-state index in [4.69, 9.17) is 16.6 Å². The van der Waals surface area contributed by atoms with Gasteiger partial charge < -0.3 is 15.1 Å². The van der Waals surface area contributed by atoms with Crippen molar-refractivity contribution in [3.8, 4) is 0 Å². The van der Waals surface area contributed by atoms with Gasteiger partial charge in [-0.3, -0.25) is 0 Å². The Kier molecular flexibility index (Phi) is 3.47. The average Bonchev–Trinajstić information content (AvgIpc) is 3.19. The topological polar surface area (TPSA) is 37.2 Å². The maximum absolute atomic E-state index is 5.71. The Morgan fingerprint density at radius 3 is 2.91 bits per heavy atom. The number of fused-ring (bicyclic) bond motifs is 3. The van der Waals surface area contributed by atoms with Crippen LogP contribution in [0.2, 0.25) is 0 Å². The van der Waals surface area contributed by atoms with E-state index < -0.39 is 0 Å². The first kappa shape index (κ1) is 13.6. The Bertz CT molecular complexity index is 835. The molecule has 1 aliphatic rings. The van der Waals surface area contributed by atoms with Crippen LogP contribution in [0.15, 0.2) is 47.1 Å². The number of benzene rings is 2. The zero-order chi connectivity index (χ0) is 14.9. The van der Waals surface area contributed by atoms with Gasteiger partial charge in [0.25, 0.3) is 0 Å². The molecule has 0 radical (unpaired) electrons. The third-order valence-electron chi connectivity index (χ3n) is 4.13. The first-order valence-corrected chi connectivity index (χ1v) is 8.14. The summed E-state index contributed by atoms with van der Waals surface area (Å²) in [6, 6.07) is 13.3. The lowest BCUT2D eigenvalue weighted by molar-refractivity contribution is 0.610. The second kappa shape index (κ2) is 5.61. The smallest absolute Gasteiger partial charge is 0.166 e. The van der Waals surface area contributed by atoms with Gasteiger partial charge in [0.2, 0.25) is 0 Å². The summed E-state index contributed by atoms with van der Waals surface area (Å²) in [5.41, 5.74) is 2.21. The Morgan fingerprint density at radius 1 is 1.18 bits per heavy atom. The lowest BCUT2D eigenvalue weighted by Gasteiger charge is -2.10. The third-order valence-corrected chi connectivity index (χ3v) is 4.39. The maximum Gasteiger partial charge on any atom is 0.166 e. The molecular formula is C18H18N2OS. The van der Waals surface area contributed by atoms with Crippen LogP contribution in [0, 0.1) is 0 Å². The largest absolute Gasteiger partial charge is 0.464 e. The Morgan fingerprint density at radius 2 is 2.05 bits per heavy atom. The van der Waals surface area contributed by atoms with Crippen LogP contribution in [0.1, 0.15) is 18.4 Å². The molecule has 1 heterocycles. The normalized spacial score (nSPS) is 14.4. The van der Waals surface area contributed by atoms with Gasteiger partial charge in [-0.25, -0.2) is 0 Å². The van der Waals surface area contributed by atoms with Gasteiger partial charge in [0.15, 0.2) is 5.11 Å². The van der Waals surface area contributed by atoms with Gasteiger partial charge in [-0.05, 0) is 59.9 Å². The number of nitrogens with one attached hydrogen (secondary N) is 2. The van der Waals surface area contributed by atoms with Crippen LogP contribution in [0.25, 0.3) is 21.7 Å². The minimum atomic E-state index is 0.595. The van der Waals surface area contributed by atoms with Crippen LogP contribution in [0.4, 0.5) is 0 Å². The van der Waals surface area contributed by atoms with E-state index in [0.717, 1.165) is 23.7 Å². The molecule has 0 atom stereocenters. The van der Waals surface area contributed by atoms with Crippen molar-refractivity contribution in [1.29, 1.82) is 0 Å². The highest BCUT2D eigenvalue weighted by Crippen LogP contribution is 2.29. The van der Waals surface area contributed by atoms with Gasteiger partial charge in [0, 0.05) is 18.0 Å². The monoisotopic (exact) mass is 310 g/mol. The predicted molar refractivity (Wildman–Crippen MR) is 94.2 cm³/mol. The molecule has 3 aromatic rings. The van der Waals surface area contributed by atoms with Gasteiger partial charge >= 0.3 is 0 Å². The Hall–Kier alpha value is -2.07. The van der Waals surface area contributed by atoms with Crippen LogP contribution in [-0.2, 0) is 6.42 Å². The van der Waals surface area contributed by atoms with Crippen molar-refractivity contribution >= 4 is 39.1 Å². The quantitative estimate of drug-likeness (QED) is 0.720. The van der Waals surface area contributed by atoms with Gasteiger partial charge in [-0.15, -0.1) is 0 Å². The predicted octanol–water partition coefficient (Wildman–Crippen LogP) is 3.76. The number of hydrogen-bond acceptors (Lipinski definition) is 2. The summed E-state index contributed by atoms with van der Waals surface area (Å²) >= 11 is 5.30. The van der Waals surface area contributed by atoms with E-state index in [1.807, 2.05) is 6.07 Å². The maximum atomic E-state index is 5.71. The zero-order valence-corrected chi connectivity index (χ0v) is 13.1. The van der Waals surface area contributed by atoms with E-state index in [-0.39, 0.29) is 0 Å². The lowest BCUT2D eigenvalue weighted by atomic mass is 10.0. The highest BCUT2D eigenvalue weighted by molar-refractivity contribution is 7.80. The van der Waals surface area contributed by atoms with Crippen molar-refractivity contribution in [2.24, 2.45) is 0 Å². The standard InChI is InChI=1S/C18H18N2OS/c22-18(20-14-5-6-14)19-9-7-13-11-12-3-1-2-4-15(12)16-8-10-21-17(13)16/h1-4,8,10-11,14H,5-7,9H2,(H2,19,20,22). The van der Waals surface area contributed by atoms with Crippen molar-refractivity contribution in [2.45, 2.75) is 25.3 Å². The lowest BCUT2D eigenvalue weighted by Crippen LogP contribution is -2.37. The molecule has 1 aliphatic carbocycles. The van der Waals surface area contributed by atoms with Crippen molar-refractivity contribution in [3.05, 3.63) is 48.2 Å². The summed E-state index contributed by atoms with van der Waals surface area (Å²) in [6.07, 6.45) is 5.13. The number of rotatable bonds is 4. The highest BCUT2D eigenvalue weighted by Gasteiger charge is 2.21. The van der Waals surface area contributed by atoms with Crippen molar-refractivity contribution in [3.63, 3.8) is 0 Å². The molecule has 4 heteroatoms. The van der Waals surface area contributed by atoms with E-state index in [0.29, 0.717) is 6.04 Å². The fourth-order valence-electron chi connectivity index (χ4n) is 2.85. The minimum Gasteiger partial charge on any atom is -0.464 e. The molecule has 0 aliphatic heterocycles. The zero-order valence-electron chi connectivity index (χ0n) is 12.3. The summed E-state index contributed by atoms with van der Waals surface area (Å²) < 4.78 is 5.71. The van der Waals surface area contributed by atoms with E-state index in [1.54, 1.807) is 6.26 Å². The van der Waals surface area contributed by atoms with Crippen molar-refractivity contribution in [1.82, 2.24) is 10.6 Å². The molecule has 112 valence electrons. The summed E-state index contributed by atoms with van der Waals surface area (Å²) in [5, 5.41) is 11.0. The van der Waals surface area contributed by atoms with Gasteiger partial charge in [-0.2, -0.15) is 0 Å². The van der Waals surface area contributed by atoms with Crippen LogP contribution in [0.3, 0.4) is 0 Å². The fraction of sp³-hybridized carbons (Fsp3) is 0.278. The van der Waals surface area contributed by atoms with Crippen LogP contribution < -0.4 is 10.6 Å².